The van der Waals surface area contributed by atoms with Crippen LogP contribution >= 0.6 is 11.6 Å². The number of nitrogens with one attached hydrogen (secondary N) is 1. The van der Waals surface area contributed by atoms with Crippen LogP contribution < -0.4 is 5.32 Å². The molecule has 0 spiro atoms. The Kier molecular flexibility index (Phi) is 5.06. The maximum absolute atomic E-state index is 6.00. The molecule has 0 aliphatic carbocycles. The third-order valence-corrected chi connectivity index (χ3v) is 3.32. The summed E-state index contributed by atoms with van der Waals surface area (Å²) in [6.07, 6.45) is 3.60. The molecule has 19 heavy (non-hydrogen) atoms. The summed E-state index contributed by atoms with van der Waals surface area (Å²) in [4.78, 5) is 0. The SMILES string of the molecule is CC(Cc1cccc(Cl)c1)NC(C)Cc1ccco1. The fourth-order valence-corrected chi connectivity index (χ4v) is 2.56. The normalized spacial score (nSPS) is 14.3. The van der Waals surface area contributed by atoms with Crippen LogP contribution in [0.15, 0.2) is 47.1 Å². The molecule has 0 aliphatic heterocycles. The smallest absolute Gasteiger partial charge is 0.105 e. The molecular weight excluding hydrogens is 258 g/mol. The molecule has 1 heterocycles. The van der Waals surface area contributed by atoms with E-state index in [1.54, 1.807) is 6.26 Å². The van der Waals surface area contributed by atoms with Crippen LogP contribution in [0.3, 0.4) is 0 Å². The van der Waals surface area contributed by atoms with Gasteiger partial charge in [0.25, 0.3) is 0 Å². The van der Waals surface area contributed by atoms with Gasteiger partial charge in [0.15, 0.2) is 0 Å². The predicted octanol–water partition coefficient (Wildman–Crippen LogP) is 4.08. The van der Waals surface area contributed by atoms with Crippen molar-refractivity contribution in [2.45, 2.75) is 38.8 Å². The Morgan fingerprint density at radius 3 is 2.58 bits per heavy atom. The molecule has 0 radical (unpaired) electrons. The van der Waals surface area contributed by atoms with Crippen molar-refractivity contribution in [1.29, 1.82) is 0 Å². The van der Waals surface area contributed by atoms with Crippen LogP contribution in [-0.4, -0.2) is 12.1 Å². The molecule has 1 N–H and O–H groups in total. The zero-order valence-electron chi connectivity index (χ0n) is 11.4. The monoisotopic (exact) mass is 277 g/mol. The standard InChI is InChI=1S/C16H20ClNO/c1-12(9-14-5-3-6-15(17)11-14)18-13(2)10-16-7-4-8-19-16/h3-8,11-13,18H,9-10H2,1-2H3. The van der Waals surface area contributed by atoms with E-state index in [2.05, 4.69) is 25.2 Å². The minimum Gasteiger partial charge on any atom is -0.469 e. The van der Waals surface area contributed by atoms with Crippen LogP contribution in [-0.2, 0) is 12.8 Å². The molecule has 2 aromatic rings. The van der Waals surface area contributed by atoms with Gasteiger partial charge in [-0.2, -0.15) is 0 Å². The highest BCUT2D eigenvalue weighted by atomic mass is 35.5. The fourth-order valence-electron chi connectivity index (χ4n) is 2.35. The van der Waals surface area contributed by atoms with Crippen LogP contribution in [0.4, 0.5) is 0 Å². The summed E-state index contributed by atoms with van der Waals surface area (Å²) in [7, 11) is 0. The van der Waals surface area contributed by atoms with Gasteiger partial charge in [-0.3, -0.25) is 0 Å². The van der Waals surface area contributed by atoms with E-state index >= 15 is 0 Å². The summed E-state index contributed by atoms with van der Waals surface area (Å²) in [5.41, 5.74) is 1.26. The van der Waals surface area contributed by atoms with Gasteiger partial charge in [-0.1, -0.05) is 23.7 Å². The molecule has 0 bridgehead atoms. The second kappa shape index (κ2) is 6.78. The fraction of sp³-hybridized carbons (Fsp3) is 0.375. The minimum atomic E-state index is 0.389. The first-order valence-corrected chi connectivity index (χ1v) is 7.04. The van der Waals surface area contributed by atoms with Gasteiger partial charge in [-0.05, 0) is 50.1 Å². The van der Waals surface area contributed by atoms with Crippen molar-refractivity contribution in [2.75, 3.05) is 0 Å². The number of hydrogen-bond acceptors (Lipinski definition) is 2. The number of rotatable bonds is 6. The van der Waals surface area contributed by atoms with Crippen LogP contribution in [0.2, 0.25) is 5.02 Å². The predicted molar refractivity (Wildman–Crippen MR) is 79.6 cm³/mol. The summed E-state index contributed by atoms with van der Waals surface area (Å²) in [6, 6.07) is 12.8. The molecule has 2 atom stereocenters. The zero-order valence-corrected chi connectivity index (χ0v) is 12.2. The molecule has 1 aromatic heterocycles. The first-order valence-electron chi connectivity index (χ1n) is 6.66. The number of halogens is 1. The first kappa shape index (κ1) is 14.2. The highest BCUT2D eigenvalue weighted by Gasteiger charge is 2.10. The Morgan fingerprint density at radius 2 is 1.89 bits per heavy atom. The van der Waals surface area contributed by atoms with Gasteiger partial charge in [0, 0.05) is 23.5 Å². The Bertz CT molecular complexity index is 495. The molecule has 0 saturated carbocycles. The minimum absolute atomic E-state index is 0.389. The average Bonchev–Trinajstić information content (AvgIpc) is 2.81. The molecule has 0 aliphatic rings. The van der Waals surface area contributed by atoms with Gasteiger partial charge >= 0.3 is 0 Å². The Morgan fingerprint density at radius 1 is 1.11 bits per heavy atom. The van der Waals surface area contributed by atoms with E-state index < -0.39 is 0 Å². The molecule has 0 amide bonds. The quantitative estimate of drug-likeness (QED) is 0.860. The number of furan rings is 1. The third-order valence-electron chi connectivity index (χ3n) is 3.09. The molecule has 2 nitrogen and oxygen atoms in total. The van der Waals surface area contributed by atoms with E-state index in [1.165, 1.54) is 5.56 Å². The lowest BCUT2D eigenvalue weighted by Gasteiger charge is -2.19. The lowest BCUT2D eigenvalue weighted by Crippen LogP contribution is -2.37. The largest absolute Gasteiger partial charge is 0.469 e. The molecule has 2 unspecified atom stereocenters. The molecule has 102 valence electrons. The maximum Gasteiger partial charge on any atom is 0.105 e. The molecule has 3 heteroatoms. The van der Waals surface area contributed by atoms with E-state index in [0.717, 1.165) is 23.6 Å². The molecule has 0 saturated heterocycles. The van der Waals surface area contributed by atoms with Crippen molar-refractivity contribution >= 4 is 11.6 Å². The van der Waals surface area contributed by atoms with Crippen molar-refractivity contribution in [3.63, 3.8) is 0 Å². The van der Waals surface area contributed by atoms with Gasteiger partial charge in [0.1, 0.15) is 5.76 Å². The Labute approximate surface area is 119 Å². The Hall–Kier alpha value is -1.25. The summed E-state index contributed by atoms with van der Waals surface area (Å²) >= 11 is 6.00. The van der Waals surface area contributed by atoms with E-state index in [1.807, 2.05) is 30.3 Å². The van der Waals surface area contributed by atoms with Crippen molar-refractivity contribution in [3.8, 4) is 0 Å². The average molecular weight is 278 g/mol. The van der Waals surface area contributed by atoms with Crippen LogP contribution in [0.5, 0.6) is 0 Å². The summed E-state index contributed by atoms with van der Waals surface area (Å²) < 4.78 is 5.36. The highest BCUT2D eigenvalue weighted by molar-refractivity contribution is 6.30. The zero-order chi connectivity index (χ0) is 13.7. The van der Waals surface area contributed by atoms with Crippen molar-refractivity contribution in [2.24, 2.45) is 0 Å². The third kappa shape index (κ3) is 4.73. The summed E-state index contributed by atoms with van der Waals surface area (Å²) in [5.74, 6) is 1.02. The summed E-state index contributed by atoms with van der Waals surface area (Å²) in [5, 5.41) is 4.38. The second-order valence-electron chi connectivity index (χ2n) is 5.09. The number of benzene rings is 1. The van der Waals surface area contributed by atoms with Crippen LogP contribution in [0.25, 0.3) is 0 Å². The van der Waals surface area contributed by atoms with Crippen LogP contribution in [0, 0.1) is 0 Å². The lowest BCUT2D eigenvalue weighted by molar-refractivity contribution is 0.422. The highest BCUT2D eigenvalue weighted by Crippen LogP contribution is 2.13. The molecular formula is C16H20ClNO. The molecule has 2 rings (SSSR count). The van der Waals surface area contributed by atoms with Crippen molar-refractivity contribution in [3.05, 3.63) is 59.0 Å². The Balaban J connectivity index is 1.82. The van der Waals surface area contributed by atoms with Crippen molar-refractivity contribution < 1.29 is 4.42 Å². The van der Waals surface area contributed by atoms with Gasteiger partial charge in [-0.25, -0.2) is 0 Å². The van der Waals surface area contributed by atoms with E-state index in [4.69, 9.17) is 16.0 Å². The van der Waals surface area contributed by atoms with Gasteiger partial charge in [-0.15, -0.1) is 0 Å². The van der Waals surface area contributed by atoms with Gasteiger partial charge < -0.3 is 9.73 Å². The summed E-state index contributed by atoms with van der Waals surface area (Å²) in [6.45, 7) is 4.37. The topological polar surface area (TPSA) is 25.2 Å². The molecule has 1 aromatic carbocycles. The second-order valence-corrected chi connectivity index (χ2v) is 5.52. The van der Waals surface area contributed by atoms with Crippen LogP contribution in [0.1, 0.15) is 25.2 Å². The van der Waals surface area contributed by atoms with Gasteiger partial charge in [0.2, 0.25) is 0 Å². The van der Waals surface area contributed by atoms with E-state index in [9.17, 15) is 0 Å². The first-order chi connectivity index (χ1) is 9.13. The molecule has 0 fully saturated rings. The van der Waals surface area contributed by atoms with E-state index in [-0.39, 0.29) is 0 Å². The van der Waals surface area contributed by atoms with Gasteiger partial charge in [0.05, 0.1) is 6.26 Å². The lowest BCUT2D eigenvalue weighted by atomic mass is 10.1. The van der Waals surface area contributed by atoms with Crippen molar-refractivity contribution in [1.82, 2.24) is 5.32 Å². The maximum atomic E-state index is 6.00. The number of hydrogen-bond donors (Lipinski definition) is 1. The van der Waals surface area contributed by atoms with E-state index in [0.29, 0.717) is 12.1 Å².